The average Bonchev–Trinajstić information content (AvgIpc) is 2.66. The van der Waals surface area contributed by atoms with E-state index in [-0.39, 0.29) is 5.91 Å². The number of aromatic nitrogens is 1. The standard InChI is InChI=1S/C8H14N4OS/c9-2-1-3-11-8(13)6-5-14-7(4-10)12-6/h5H,1-4,9-10H2,(H,11,13). The van der Waals surface area contributed by atoms with Crippen LogP contribution in [0, 0.1) is 0 Å². The van der Waals surface area contributed by atoms with Gasteiger partial charge in [-0.05, 0) is 13.0 Å². The number of rotatable bonds is 5. The number of thiazole rings is 1. The first-order valence-corrected chi connectivity index (χ1v) is 5.28. The third-order valence-corrected chi connectivity index (χ3v) is 2.50. The molecular formula is C8H14N4OS. The summed E-state index contributed by atoms with van der Waals surface area (Å²) in [5.74, 6) is -0.158. The molecular weight excluding hydrogens is 200 g/mol. The number of nitrogens with one attached hydrogen (secondary N) is 1. The van der Waals surface area contributed by atoms with Gasteiger partial charge in [-0.15, -0.1) is 11.3 Å². The Morgan fingerprint density at radius 3 is 2.93 bits per heavy atom. The second-order valence-electron chi connectivity index (χ2n) is 2.73. The number of nitrogens with zero attached hydrogens (tertiary/aromatic N) is 1. The van der Waals surface area contributed by atoms with Crippen LogP contribution >= 0.6 is 11.3 Å². The highest BCUT2D eigenvalue weighted by Gasteiger charge is 2.08. The summed E-state index contributed by atoms with van der Waals surface area (Å²) in [5.41, 5.74) is 11.1. The highest BCUT2D eigenvalue weighted by molar-refractivity contribution is 7.09. The van der Waals surface area contributed by atoms with Gasteiger partial charge in [-0.25, -0.2) is 4.98 Å². The normalized spacial score (nSPS) is 10.1. The van der Waals surface area contributed by atoms with E-state index in [1.54, 1.807) is 5.38 Å². The number of nitrogens with two attached hydrogens (primary N) is 2. The second kappa shape index (κ2) is 5.69. The monoisotopic (exact) mass is 214 g/mol. The maximum Gasteiger partial charge on any atom is 0.270 e. The fourth-order valence-electron chi connectivity index (χ4n) is 0.903. The Kier molecular flexibility index (Phi) is 4.51. The molecule has 0 unspecified atom stereocenters. The molecule has 6 heteroatoms. The van der Waals surface area contributed by atoms with E-state index in [2.05, 4.69) is 10.3 Å². The molecule has 0 saturated carbocycles. The molecule has 5 nitrogen and oxygen atoms in total. The zero-order chi connectivity index (χ0) is 10.4. The van der Waals surface area contributed by atoms with E-state index < -0.39 is 0 Å². The lowest BCUT2D eigenvalue weighted by Gasteiger charge is -2.00. The SMILES string of the molecule is NCCCNC(=O)c1csc(CN)n1. The number of carbonyl (C=O) groups excluding carboxylic acids is 1. The predicted octanol–water partition coefficient (Wildman–Crippen LogP) is -0.320. The highest BCUT2D eigenvalue weighted by atomic mass is 32.1. The lowest BCUT2D eigenvalue weighted by molar-refractivity contribution is 0.0949. The third kappa shape index (κ3) is 3.06. The van der Waals surface area contributed by atoms with Crippen LogP contribution in [0.2, 0.25) is 0 Å². The van der Waals surface area contributed by atoms with Gasteiger partial charge >= 0.3 is 0 Å². The van der Waals surface area contributed by atoms with Gasteiger partial charge in [0.05, 0.1) is 0 Å². The Labute approximate surface area is 86.5 Å². The van der Waals surface area contributed by atoms with E-state index in [1.165, 1.54) is 11.3 Å². The molecule has 0 aliphatic carbocycles. The van der Waals surface area contributed by atoms with Crippen LogP contribution in [0.25, 0.3) is 0 Å². The van der Waals surface area contributed by atoms with Crippen LogP contribution in [-0.2, 0) is 6.54 Å². The summed E-state index contributed by atoms with van der Waals surface area (Å²) in [7, 11) is 0. The zero-order valence-electron chi connectivity index (χ0n) is 7.82. The van der Waals surface area contributed by atoms with Gasteiger partial charge in [-0.1, -0.05) is 0 Å². The largest absolute Gasteiger partial charge is 0.351 e. The van der Waals surface area contributed by atoms with Gasteiger partial charge < -0.3 is 16.8 Å². The van der Waals surface area contributed by atoms with Crippen LogP contribution in [-0.4, -0.2) is 24.0 Å². The zero-order valence-corrected chi connectivity index (χ0v) is 8.64. The van der Waals surface area contributed by atoms with Crippen molar-refractivity contribution in [3.8, 4) is 0 Å². The molecule has 0 bridgehead atoms. The van der Waals surface area contributed by atoms with Crippen LogP contribution in [0.15, 0.2) is 5.38 Å². The molecule has 0 atom stereocenters. The molecule has 14 heavy (non-hydrogen) atoms. The van der Waals surface area contributed by atoms with Crippen LogP contribution in [0.1, 0.15) is 21.9 Å². The minimum atomic E-state index is -0.158. The first kappa shape index (κ1) is 11.1. The van der Waals surface area contributed by atoms with Crippen molar-refractivity contribution >= 4 is 17.2 Å². The van der Waals surface area contributed by atoms with E-state index in [0.29, 0.717) is 25.3 Å². The van der Waals surface area contributed by atoms with Gasteiger partial charge in [0.25, 0.3) is 5.91 Å². The first-order valence-electron chi connectivity index (χ1n) is 4.40. The fraction of sp³-hybridized carbons (Fsp3) is 0.500. The lowest BCUT2D eigenvalue weighted by Crippen LogP contribution is -2.26. The van der Waals surface area contributed by atoms with E-state index in [4.69, 9.17) is 11.5 Å². The molecule has 0 aromatic carbocycles. The van der Waals surface area contributed by atoms with E-state index in [1.807, 2.05) is 0 Å². The van der Waals surface area contributed by atoms with Gasteiger partial charge in [-0.2, -0.15) is 0 Å². The van der Waals surface area contributed by atoms with Gasteiger partial charge in [-0.3, -0.25) is 4.79 Å². The maximum absolute atomic E-state index is 11.4. The average molecular weight is 214 g/mol. The Balaban J connectivity index is 2.44. The van der Waals surface area contributed by atoms with Crippen molar-refractivity contribution in [1.82, 2.24) is 10.3 Å². The summed E-state index contributed by atoms with van der Waals surface area (Å²) in [5, 5.41) is 5.20. The van der Waals surface area contributed by atoms with E-state index >= 15 is 0 Å². The summed E-state index contributed by atoms with van der Waals surface area (Å²) < 4.78 is 0. The van der Waals surface area contributed by atoms with Crippen molar-refractivity contribution < 1.29 is 4.79 Å². The van der Waals surface area contributed by atoms with Crippen LogP contribution in [0.4, 0.5) is 0 Å². The van der Waals surface area contributed by atoms with Crippen molar-refractivity contribution in [2.24, 2.45) is 11.5 Å². The Bertz CT molecular complexity index is 299. The van der Waals surface area contributed by atoms with Crippen molar-refractivity contribution in [3.05, 3.63) is 16.1 Å². The molecule has 1 heterocycles. The summed E-state index contributed by atoms with van der Waals surface area (Å²) in [6.07, 6.45) is 0.777. The second-order valence-corrected chi connectivity index (χ2v) is 3.67. The fourth-order valence-corrected chi connectivity index (χ4v) is 1.56. The van der Waals surface area contributed by atoms with Gasteiger partial charge in [0.1, 0.15) is 10.7 Å². The Morgan fingerprint density at radius 2 is 2.36 bits per heavy atom. The summed E-state index contributed by atoms with van der Waals surface area (Å²) in [6.45, 7) is 1.54. The minimum absolute atomic E-state index is 0.158. The topological polar surface area (TPSA) is 94.0 Å². The first-order chi connectivity index (χ1) is 6.77. The van der Waals surface area contributed by atoms with Gasteiger partial charge in [0, 0.05) is 18.5 Å². The molecule has 78 valence electrons. The van der Waals surface area contributed by atoms with E-state index in [0.717, 1.165) is 11.4 Å². The molecule has 1 aromatic rings. The number of hydrogen-bond acceptors (Lipinski definition) is 5. The number of carbonyl (C=O) groups is 1. The number of amides is 1. The van der Waals surface area contributed by atoms with Crippen molar-refractivity contribution in [1.29, 1.82) is 0 Å². The molecule has 1 aromatic heterocycles. The van der Waals surface area contributed by atoms with Crippen LogP contribution in [0.5, 0.6) is 0 Å². The van der Waals surface area contributed by atoms with Crippen LogP contribution < -0.4 is 16.8 Å². The Morgan fingerprint density at radius 1 is 1.57 bits per heavy atom. The molecule has 1 amide bonds. The smallest absolute Gasteiger partial charge is 0.270 e. The molecule has 5 N–H and O–H groups in total. The maximum atomic E-state index is 11.4. The Hall–Kier alpha value is -0.980. The highest BCUT2D eigenvalue weighted by Crippen LogP contribution is 2.08. The molecule has 0 spiro atoms. The van der Waals surface area contributed by atoms with Crippen LogP contribution in [0.3, 0.4) is 0 Å². The number of hydrogen-bond donors (Lipinski definition) is 3. The molecule has 0 fully saturated rings. The van der Waals surface area contributed by atoms with Gasteiger partial charge in [0.2, 0.25) is 0 Å². The molecule has 0 radical (unpaired) electrons. The summed E-state index contributed by atoms with van der Waals surface area (Å²) in [6, 6.07) is 0. The van der Waals surface area contributed by atoms with Crippen molar-refractivity contribution in [3.63, 3.8) is 0 Å². The molecule has 0 aliphatic heterocycles. The molecule has 0 aliphatic rings. The quantitative estimate of drug-likeness (QED) is 0.585. The molecule has 1 rings (SSSR count). The van der Waals surface area contributed by atoms with Gasteiger partial charge in [0.15, 0.2) is 0 Å². The predicted molar refractivity (Wildman–Crippen MR) is 56.0 cm³/mol. The van der Waals surface area contributed by atoms with Crippen molar-refractivity contribution in [2.45, 2.75) is 13.0 Å². The van der Waals surface area contributed by atoms with E-state index in [9.17, 15) is 4.79 Å². The third-order valence-electron chi connectivity index (χ3n) is 1.63. The van der Waals surface area contributed by atoms with Crippen molar-refractivity contribution in [2.75, 3.05) is 13.1 Å². The summed E-state index contributed by atoms with van der Waals surface area (Å²) in [4.78, 5) is 15.5. The lowest BCUT2D eigenvalue weighted by atomic mass is 10.4. The minimum Gasteiger partial charge on any atom is -0.351 e. The summed E-state index contributed by atoms with van der Waals surface area (Å²) >= 11 is 1.40. The molecule has 0 saturated heterocycles.